The number of azo groups is 2. The number of nitrogens with zero attached hydrogens (tertiary/aromatic N) is 6. The molecule has 0 saturated carbocycles. The molecule has 6 aromatic rings. The average Bonchev–Trinajstić information content (AvgIpc) is 3.10. The van der Waals surface area contributed by atoms with E-state index in [4.69, 9.17) is 0 Å². The fraction of sp³-hybridized carbons (Fsp3) is 0.0588. The molecule has 0 aliphatic carbocycles. The molecule has 0 aliphatic heterocycles. The Morgan fingerprint density at radius 2 is 0.873 bits per heavy atom. The van der Waals surface area contributed by atoms with Gasteiger partial charge in [0.15, 0.2) is 11.4 Å². The zero-order chi connectivity index (χ0) is 39.5. The van der Waals surface area contributed by atoms with Crippen LogP contribution in [-0.4, -0.2) is 94.2 Å². The molecule has 0 saturated heterocycles. The van der Waals surface area contributed by atoms with Gasteiger partial charge in [-0.05, 0) is 84.3 Å². The van der Waals surface area contributed by atoms with Gasteiger partial charge in [-0.1, -0.05) is 36.4 Å². The van der Waals surface area contributed by atoms with E-state index >= 15 is 0 Å². The predicted molar refractivity (Wildman–Crippen MR) is 194 cm³/mol. The Bertz CT molecular complexity index is 2610. The molecule has 0 atom stereocenters. The maximum Gasteiger partial charge on any atom is 2.00 e. The summed E-state index contributed by atoms with van der Waals surface area (Å²) in [5, 5.41) is 55.6. The van der Waals surface area contributed by atoms with E-state index in [1.165, 1.54) is 60.7 Å². The summed E-state index contributed by atoms with van der Waals surface area (Å²) in [7, 11) is -9.40. The second kappa shape index (κ2) is 16.9. The van der Waals surface area contributed by atoms with Crippen LogP contribution in [0.2, 0.25) is 0 Å². The second-order valence-corrected chi connectivity index (χ2v) is 14.2. The van der Waals surface area contributed by atoms with Crippen molar-refractivity contribution >= 4 is 114 Å². The Kier molecular flexibility index (Phi) is 13.0. The number of hydrogen-bond acceptors (Lipinski definition) is 14. The number of hydrogen-bond donors (Lipinski definition) is 4. The van der Waals surface area contributed by atoms with Crippen molar-refractivity contribution in [1.82, 2.24) is 0 Å². The molecule has 0 unspecified atom stereocenters. The Morgan fingerprint density at radius 3 is 1.20 bits per heavy atom. The SMILES string of the molecule is Cc1ccc(N=Nc2c(O)ccc3ccc(S(=O)(=O)[O-])cc23)c([N+](=O)O)c1.Cc1ccc(N=Nc2c(O)ccc3ccc(S(=O)(=O)[O-])cc23)c([N+](=O)O)c1.[Ca+2]. The number of fused-ring (bicyclic) bond motifs is 2. The van der Waals surface area contributed by atoms with Crippen LogP contribution in [0.4, 0.5) is 34.1 Å². The fourth-order valence-electron chi connectivity index (χ4n) is 5.01. The van der Waals surface area contributed by atoms with Crippen molar-refractivity contribution in [3.8, 4) is 11.5 Å². The van der Waals surface area contributed by atoms with Gasteiger partial charge in [-0.2, -0.15) is 0 Å². The summed E-state index contributed by atoms with van der Waals surface area (Å²) in [5.74, 6) is -0.605. The van der Waals surface area contributed by atoms with E-state index < -0.39 is 30.0 Å². The van der Waals surface area contributed by atoms with Crippen molar-refractivity contribution in [3.63, 3.8) is 0 Å². The van der Waals surface area contributed by atoms with E-state index in [-0.39, 0.29) is 104 Å². The van der Waals surface area contributed by atoms with Crippen molar-refractivity contribution in [1.29, 1.82) is 0 Å². The van der Waals surface area contributed by atoms with Gasteiger partial charge in [0.25, 0.3) is 9.85 Å². The smallest absolute Gasteiger partial charge is 0.744 e. The molecular formula is C34H26CaN6O12S2+2. The van der Waals surface area contributed by atoms with Crippen molar-refractivity contribution in [2.24, 2.45) is 20.5 Å². The van der Waals surface area contributed by atoms with Gasteiger partial charge in [0, 0.05) is 22.9 Å². The summed E-state index contributed by atoms with van der Waals surface area (Å²) < 4.78 is 67.6. The first-order chi connectivity index (χ1) is 25.3. The minimum atomic E-state index is -4.70. The third-order valence-corrected chi connectivity index (χ3v) is 9.32. The van der Waals surface area contributed by atoms with Crippen LogP contribution in [0.15, 0.2) is 127 Å². The maximum atomic E-state index is 11.3. The van der Waals surface area contributed by atoms with E-state index in [1.54, 1.807) is 26.0 Å². The van der Waals surface area contributed by atoms with Crippen molar-refractivity contribution in [2.45, 2.75) is 23.6 Å². The van der Waals surface area contributed by atoms with Gasteiger partial charge in [0.1, 0.15) is 43.1 Å². The zero-order valence-electron chi connectivity index (χ0n) is 28.5. The topological polar surface area (TPSA) is 285 Å². The van der Waals surface area contributed by atoms with Crippen LogP contribution in [0, 0.1) is 23.7 Å². The van der Waals surface area contributed by atoms with Crippen molar-refractivity contribution < 1.29 is 56.4 Å². The average molecular weight is 815 g/mol. The van der Waals surface area contributed by atoms with Crippen LogP contribution in [0.3, 0.4) is 0 Å². The molecule has 0 spiro atoms. The molecule has 55 heavy (non-hydrogen) atoms. The number of aryl methyl sites for hydroxylation is 2. The van der Waals surface area contributed by atoms with Gasteiger partial charge in [-0.15, -0.1) is 20.5 Å². The summed E-state index contributed by atoms with van der Waals surface area (Å²) in [4.78, 5) is 20.9. The summed E-state index contributed by atoms with van der Waals surface area (Å²) in [6.45, 7) is 3.44. The number of aromatic hydroxyl groups is 2. The molecule has 0 fully saturated rings. The Hall–Kier alpha value is -5.48. The van der Waals surface area contributed by atoms with Gasteiger partial charge in [-0.3, -0.25) is 0 Å². The zero-order valence-corrected chi connectivity index (χ0v) is 32.3. The molecule has 0 amide bonds. The summed E-state index contributed by atoms with van der Waals surface area (Å²) in [6, 6.07) is 22.0. The van der Waals surface area contributed by atoms with Crippen LogP contribution in [0.5, 0.6) is 11.5 Å². The number of rotatable bonds is 8. The van der Waals surface area contributed by atoms with E-state index in [0.29, 0.717) is 21.9 Å². The number of benzene rings is 6. The van der Waals surface area contributed by atoms with E-state index in [1.807, 2.05) is 0 Å². The molecule has 6 rings (SSSR count). The van der Waals surface area contributed by atoms with Crippen LogP contribution < -0.4 is 0 Å². The molecule has 4 N–H and O–H groups in total. The van der Waals surface area contributed by atoms with Crippen LogP contribution in [0.1, 0.15) is 11.1 Å². The number of phenols is 2. The summed E-state index contributed by atoms with van der Waals surface area (Å²) >= 11 is 0. The third kappa shape index (κ3) is 9.99. The first-order valence-electron chi connectivity index (χ1n) is 15.1. The van der Waals surface area contributed by atoms with E-state index in [0.717, 1.165) is 24.3 Å². The first kappa shape index (κ1) is 42.3. The second-order valence-electron chi connectivity index (χ2n) is 11.5. The monoisotopic (exact) mass is 814 g/mol. The van der Waals surface area contributed by atoms with Gasteiger partial charge in [0.2, 0.25) is 0 Å². The Balaban J connectivity index is 0.000000240. The van der Waals surface area contributed by atoms with Gasteiger partial charge in [0.05, 0.1) is 19.6 Å². The van der Waals surface area contributed by atoms with E-state index in [2.05, 4.69) is 20.5 Å². The molecule has 276 valence electrons. The van der Waals surface area contributed by atoms with Crippen molar-refractivity contribution in [2.75, 3.05) is 0 Å². The molecule has 0 radical (unpaired) electrons. The molecule has 18 nitrogen and oxygen atoms in total. The Labute approximate surface area is 341 Å². The Morgan fingerprint density at radius 1 is 0.527 bits per heavy atom. The molecule has 0 bridgehead atoms. The molecule has 0 aliphatic rings. The largest absolute Gasteiger partial charge is 2.00 e. The van der Waals surface area contributed by atoms with Gasteiger partial charge >= 0.3 is 49.1 Å². The minimum Gasteiger partial charge on any atom is -0.744 e. The molecular weight excluding hydrogens is 789 g/mol. The van der Waals surface area contributed by atoms with Gasteiger partial charge < -0.3 is 19.3 Å². The quantitative estimate of drug-likeness (QED) is 0.0501. The molecule has 0 heterocycles. The molecule has 21 heteroatoms. The first-order valence-corrected chi connectivity index (χ1v) is 18.0. The van der Waals surface area contributed by atoms with Gasteiger partial charge in [-0.25, -0.2) is 27.3 Å². The number of phenolic OH excluding ortho intramolecular Hbond substituents is 2. The van der Waals surface area contributed by atoms with Crippen molar-refractivity contribution in [3.05, 3.63) is 118 Å². The molecule has 6 aromatic carbocycles. The fourth-order valence-corrected chi connectivity index (χ4v) is 6.01. The molecule has 0 aromatic heterocycles. The standard InChI is InChI=1S/2C17H13N3O6S.Ca/c2*1-10-2-6-14(15(8-10)20(22)23)18-19-17-13-9-12(27(24,25)26)5-3-11(13)4-7-16(17)21;/h2*2-9H,1H3,(H2-,18,21,22,23,24,25,26);/q;;+2. The van der Waals surface area contributed by atoms with E-state index in [9.17, 15) is 56.4 Å². The minimum absolute atomic E-state index is 0. The third-order valence-electron chi connectivity index (χ3n) is 7.65. The van der Waals surface area contributed by atoms with Crippen LogP contribution in [-0.2, 0) is 20.2 Å². The van der Waals surface area contributed by atoms with Crippen LogP contribution >= 0.6 is 0 Å². The summed E-state index contributed by atoms with van der Waals surface area (Å²) in [6.07, 6.45) is 0. The predicted octanol–water partition coefficient (Wildman–Crippen LogP) is 7.57. The normalized spacial score (nSPS) is 11.7. The maximum absolute atomic E-state index is 11.3. The summed E-state index contributed by atoms with van der Waals surface area (Å²) in [5.41, 5.74) is 1.00. The van der Waals surface area contributed by atoms with Crippen LogP contribution in [0.25, 0.3) is 21.5 Å².